The number of nitrogens with two attached hydrogens (primary N) is 1. The molecule has 0 spiro atoms. The van der Waals surface area contributed by atoms with Crippen molar-refractivity contribution in [1.29, 1.82) is 0 Å². The highest BCUT2D eigenvalue weighted by atomic mass is 16.2. The third kappa shape index (κ3) is 7.46. The number of amides is 2. The van der Waals surface area contributed by atoms with E-state index < -0.39 is 6.04 Å². The first-order valence-electron chi connectivity index (χ1n) is 8.21. The van der Waals surface area contributed by atoms with Gasteiger partial charge in [-0.2, -0.15) is 0 Å². The molecular weight excluding hydrogens is 266 g/mol. The van der Waals surface area contributed by atoms with Crippen molar-refractivity contribution in [2.75, 3.05) is 6.54 Å². The Labute approximate surface area is 128 Å². The smallest absolute Gasteiger partial charge is 0.242 e. The summed E-state index contributed by atoms with van der Waals surface area (Å²) in [6.45, 7) is 6.45. The minimum Gasteiger partial charge on any atom is -0.354 e. The Bertz CT molecular complexity index is 336. The van der Waals surface area contributed by atoms with E-state index in [2.05, 4.69) is 10.6 Å². The molecule has 21 heavy (non-hydrogen) atoms. The van der Waals surface area contributed by atoms with Gasteiger partial charge in [-0.25, -0.2) is 0 Å². The average Bonchev–Trinajstić information content (AvgIpc) is 2.44. The van der Waals surface area contributed by atoms with Crippen molar-refractivity contribution in [2.45, 2.75) is 71.4 Å². The summed E-state index contributed by atoms with van der Waals surface area (Å²) in [6, 6.07) is -0.115. The van der Waals surface area contributed by atoms with Gasteiger partial charge in [-0.05, 0) is 50.9 Å². The molecule has 0 heterocycles. The Morgan fingerprint density at radius 1 is 1.14 bits per heavy atom. The third-order valence-corrected chi connectivity index (χ3v) is 4.13. The molecule has 122 valence electrons. The molecular formula is C16H31N3O2. The summed E-state index contributed by atoms with van der Waals surface area (Å²) in [7, 11) is 0. The van der Waals surface area contributed by atoms with Crippen LogP contribution in [-0.2, 0) is 9.59 Å². The molecule has 1 fully saturated rings. The summed E-state index contributed by atoms with van der Waals surface area (Å²) >= 11 is 0. The fraction of sp³-hybridized carbons (Fsp3) is 0.875. The molecule has 5 nitrogen and oxygen atoms in total. The van der Waals surface area contributed by atoms with Gasteiger partial charge in [0.1, 0.15) is 6.04 Å². The van der Waals surface area contributed by atoms with Gasteiger partial charge in [0.25, 0.3) is 0 Å². The number of carbonyl (C=O) groups is 2. The van der Waals surface area contributed by atoms with Gasteiger partial charge in [0.15, 0.2) is 0 Å². The predicted molar refractivity (Wildman–Crippen MR) is 84.6 cm³/mol. The lowest BCUT2D eigenvalue weighted by Crippen LogP contribution is -2.45. The first-order valence-corrected chi connectivity index (χ1v) is 8.21. The summed E-state index contributed by atoms with van der Waals surface area (Å²) in [5, 5.41) is 5.61. The van der Waals surface area contributed by atoms with Gasteiger partial charge in [-0.15, -0.1) is 0 Å². The van der Waals surface area contributed by atoms with E-state index in [1.165, 1.54) is 0 Å². The molecule has 1 rings (SSSR count). The first kappa shape index (κ1) is 18.0. The van der Waals surface area contributed by atoms with Crippen molar-refractivity contribution in [3.63, 3.8) is 0 Å². The van der Waals surface area contributed by atoms with Crippen LogP contribution in [0.1, 0.15) is 59.3 Å². The van der Waals surface area contributed by atoms with Gasteiger partial charge in [0.05, 0.1) is 0 Å². The van der Waals surface area contributed by atoms with Gasteiger partial charge in [-0.3, -0.25) is 9.59 Å². The van der Waals surface area contributed by atoms with Gasteiger partial charge in [0, 0.05) is 19.0 Å². The fourth-order valence-electron chi connectivity index (χ4n) is 2.65. The van der Waals surface area contributed by atoms with Crippen LogP contribution >= 0.6 is 0 Å². The van der Waals surface area contributed by atoms with Crippen LogP contribution in [0.2, 0.25) is 0 Å². The van der Waals surface area contributed by atoms with Crippen molar-refractivity contribution in [2.24, 2.45) is 17.6 Å². The van der Waals surface area contributed by atoms with E-state index in [0.717, 1.165) is 32.1 Å². The van der Waals surface area contributed by atoms with Gasteiger partial charge >= 0.3 is 0 Å². The van der Waals surface area contributed by atoms with Crippen LogP contribution in [0.5, 0.6) is 0 Å². The van der Waals surface area contributed by atoms with E-state index in [1.807, 2.05) is 13.8 Å². The van der Waals surface area contributed by atoms with Crippen LogP contribution < -0.4 is 16.4 Å². The average molecular weight is 297 g/mol. The third-order valence-electron chi connectivity index (χ3n) is 4.13. The van der Waals surface area contributed by atoms with E-state index >= 15 is 0 Å². The maximum atomic E-state index is 11.9. The normalized spacial score (nSPS) is 23.7. The number of hydrogen-bond donors (Lipinski definition) is 3. The lowest BCUT2D eigenvalue weighted by molar-refractivity contribution is -0.128. The van der Waals surface area contributed by atoms with Crippen molar-refractivity contribution in [3.05, 3.63) is 0 Å². The minimum absolute atomic E-state index is 0.0305. The largest absolute Gasteiger partial charge is 0.354 e. The molecule has 1 aliphatic carbocycles. The van der Waals surface area contributed by atoms with Crippen molar-refractivity contribution in [1.82, 2.24) is 10.6 Å². The topological polar surface area (TPSA) is 84.2 Å². The van der Waals surface area contributed by atoms with E-state index in [0.29, 0.717) is 30.8 Å². The number of hydrogen-bond acceptors (Lipinski definition) is 3. The summed E-state index contributed by atoms with van der Waals surface area (Å²) in [5.74, 6) is 0.882. The van der Waals surface area contributed by atoms with E-state index in [1.54, 1.807) is 6.92 Å². The molecule has 2 amide bonds. The Hall–Kier alpha value is -1.10. The molecule has 5 heteroatoms. The molecule has 0 aromatic rings. The predicted octanol–water partition coefficient (Wildman–Crippen LogP) is 1.56. The Morgan fingerprint density at radius 2 is 1.76 bits per heavy atom. The molecule has 0 saturated heterocycles. The highest BCUT2D eigenvalue weighted by Crippen LogP contribution is 2.26. The zero-order chi connectivity index (χ0) is 15.8. The number of carbonyl (C=O) groups excluding carboxylic acids is 2. The van der Waals surface area contributed by atoms with E-state index in [4.69, 9.17) is 5.73 Å². The maximum Gasteiger partial charge on any atom is 0.242 e. The van der Waals surface area contributed by atoms with Crippen LogP contribution in [0.4, 0.5) is 0 Å². The quantitative estimate of drug-likeness (QED) is 0.667. The van der Waals surface area contributed by atoms with Crippen LogP contribution in [0.3, 0.4) is 0 Å². The molecule has 0 aromatic carbocycles. The molecule has 1 unspecified atom stereocenters. The fourth-order valence-corrected chi connectivity index (χ4v) is 2.65. The second-order valence-electron chi connectivity index (χ2n) is 6.75. The van der Waals surface area contributed by atoms with Gasteiger partial charge < -0.3 is 16.4 Å². The summed E-state index contributed by atoms with van der Waals surface area (Å²) < 4.78 is 0. The van der Waals surface area contributed by atoms with Crippen molar-refractivity contribution in [3.8, 4) is 0 Å². The molecule has 0 aromatic heterocycles. The summed E-state index contributed by atoms with van der Waals surface area (Å²) in [6.07, 6.45) is 5.79. The molecule has 0 bridgehead atoms. The molecule has 1 aliphatic rings. The van der Waals surface area contributed by atoms with Gasteiger partial charge in [-0.1, -0.05) is 13.8 Å². The maximum absolute atomic E-state index is 11.9. The highest BCUT2D eigenvalue weighted by molar-refractivity contribution is 5.87. The standard InChI is InChI=1S/C16H31N3O2/c1-11(2)10-18-16(21)12(3)19-15(20)9-6-13-4-7-14(17)8-5-13/h11-14H,4-10,17H2,1-3H3,(H,18,21)(H,19,20). The van der Waals surface area contributed by atoms with E-state index in [-0.39, 0.29) is 11.8 Å². The monoisotopic (exact) mass is 297 g/mol. The summed E-state index contributed by atoms with van der Waals surface area (Å²) in [4.78, 5) is 23.7. The molecule has 0 radical (unpaired) electrons. The van der Waals surface area contributed by atoms with Crippen LogP contribution in [0.15, 0.2) is 0 Å². The first-order chi connectivity index (χ1) is 9.88. The molecule has 1 saturated carbocycles. The summed E-state index contributed by atoms with van der Waals surface area (Å²) in [5.41, 5.74) is 5.88. The van der Waals surface area contributed by atoms with Crippen LogP contribution in [0, 0.1) is 11.8 Å². The Kier molecular flexibility index (Phi) is 7.72. The van der Waals surface area contributed by atoms with Gasteiger partial charge in [0.2, 0.25) is 11.8 Å². The van der Waals surface area contributed by atoms with Crippen molar-refractivity contribution < 1.29 is 9.59 Å². The van der Waals surface area contributed by atoms with E-state index in [9.17, 15) is 9.59 Å². The minimum atomic E-state index is -0.462. The van der Waals surface area contributed by atoms with Crippen LogP contribution in [-0.4, -0.2) is 30.4 Å². The molecule has 1 atom stereocenters. The Morgan fingerprint density at radius 3 is 2.33 bits per heavy atom. The zero-order valence-corrected chi connectivity index (χ0v) is 13.7. The number of rotatable bonds is 7. The zero-order valence-electron chi connectivity index (χ0n) is 13.7. The molecule has 4 N–H and O–H groups in total. The highest BCUT2D eigenvalue weighted by Gasteiger charge is 2.20. The second kappa shape index (κ2) is 9.03. The second-order valence-corrected chi connectivity index (χ2v) is 6.75. The number of nitrogens with one attached hydrogen (secondary N) is 2. The lowest BCUT2D eigenvalue weighted by atomic mass is 9.84. The van der Waals surface area contributed by atoms with Crippen molar-refractivity contribution >= 4 is 11.8 Å². The Balaban J connectivity index is 2.19. The lowest BCUT2D eigenvalue weighted by Gasteiger charge is -2.25. The SMILES string of the molecule is CC(C)CNC(=O)C(C)NC(=O)CCC1CCC(N)CC1. The molecule has 0 aliphatic heterocycles. The van der Waals surface area contributed by atoms with Crippen LogP contribution in [0.25, 0.3) is 0 Å².